The van der Waals surface area contributed by atoms with Crippen LogP contribution in [0.1, 0.15) is 29.1 Å². The lowest BCUT2D eigenvalue weighted by Crippen LogP contribution is -2.46. The fourth-order valence-electron chi connectivity index (χ4n) is 1.65. The number of rotatable bonds is 7. The maximum Gasteiger partial charge on any atom is 0.326 e. The van der Waals surface area contributed by atoms with Gasteiger partial charge in [0.05, 0.1) is 6.04 Å². The van der Waals surface area contributed by atoms with Crippen molar-refractivity contribution in [2.45, 2.75) is 32.4 Å². The lowest BCUT2D eigenvalue weighted by Gasteiger charge is -2.17. The van der Waals surface area contributed by atoms with Gasteiger partial charge in [0.2, 0.25) is 0 Å². The molecule has 0 aliphatic heterocycles. The van der Waals surface area contributed by atoms with Crippen LogP contribution in [0.2, 0.25) is 0 Å². The topological polar surface area (TPSA) is 78.4 Å². The lowest BCUT2D eigenvalue weighted by atomic mass is 10.2. The highest BCUT2D eigenvalue weighted by Crippen LogP contribution is 2.22. The average molecular weight is 316 g/mol. The standard InChI is InChI=1S/C13H20N2O3S2/c1-8-4-5-11(20-8)9(2)14-13(18)15-10(12(16)17)6-7-19-3/h4-5,9-10H,6-7H2,1-3H3,(H,16,17)(H2,14,15,18). The number of thioether (sulfide) groups is 1. The highest BCUT2D eigenvalue weighted by atomic mass is 32.2. The molecule has 0 bridgehead atoms. The van der Waals surface area contributed by atoms with E-state index in [9.17, 15) is 9.59 Å². The number of amides is 2. The van der Waals surface area contributed by atoms with E-state index in [1.165, 1.54) is 4.88 Å². The van der Waals surface area contributed by atoms with Crippen molar-refractivity contribution in [2.24, 2.45) is 0 Å². The van der Waals surface area contributed by atoms with Gasteiger partial charge >= 0.3 is 12.0 Å². The van der Waals surface area contributed by atoms with Gasteiger partial charge in [0.1, 0.15) is 6.04 Å². The molecule has 0 saturated carbocycles. The predicted octanol–water partition coefficient (Wildman–Crippen LogP) is 2.62. The van der Waals surface area contributed by atoms with Crippen LogP contribution in [0, 0.1) is 6.92 Å². The number of carboxylic acids is 1. The Morgan fingerprint density at radius 1 is 1.40 bits per heavy atom. The second kappa shape index (κ2) is 8.16. The molecular weight excluding hydrogens is 296 g/mol. The van der Waals surface area contributed by atoms with Crippen LogP contribution in [0.4, 0.5) is 4.79 Å². The summed E-state index contributed by atoms with van der Waals surface area (Å²) < 4.78 is 0. The molecule has 3 N–H and O–H groups in total. The van der Waals surface area contributed by atoms with Crippen LogP contribution >= 0.6 is 23.1 Å². The molecule has 1 aromatic heterocycles. The summed E-state index contributed by atoms with van der Waals surface area (Å²) in [4.78, 5) is 25.1. The van der Waals surface area contributed by atoms with E-state index in [-0.39, 0.29) is 6.04 Å². The summed E-state index contributed by atoms with van der Waals surface area (Å²) in [7, 11) is 0. The Hall–Kier alpha value is -1.21. The maximum atomic E-state index is 11.8. The highest BCUT2D eigenvalue weighted by molar-refractivity contribution is 7.98. The molecule has 5 nitrogen and oxygen atoms in total. The summed E-state index contributed by atoms with van der Waals surface area (Å²) in [6.07, 6.45) is 2.32. The van der Waals surface area contributed by atoms with E-state index >= 15 is 0 Å². The number of carbonyl (C=O) groups excluding carboxylic acids is 1. The van der Waals surface area contributed by atoms with Crippen LogP contribution < -0.4 is 10.6 Å². The minimum Gasteiger partial charge on any atom is -0.480 e. The van der Waals surface area contributed by atoms with Gasteiger partial charge in [-0.3, -0.25) is 0 Å². The average Bonchev–Trinajstić information content (AvgIpc) is 2.80. The summed E-state index contributed by atoms with van der Waals surface area (Å²) in [6, 6.07) is 2.53. The monoisotopic (exact) mass is 316 g/mol. The molecule has 112 valence electrons. The predicted molar refractivity (Wildman–Crippen MR) is 83.6 cm³/mol. The fourth-order valence-corrected chi connectivity index (χ4v) is 3.00. The normalized spacial score (nSPS) is 13.6. The van der Waals surface area contributed by atoms with Gasteiger partial charge in [0.15, 0.2) is 0 Å². The van der Waals surface area contributed by atoms with E-state index in [0.29, 0.717) is 12.2 Å². The van der Waals surface area contributed by atoms with E-state index < -0.39 is 18.0 Å². The number of aliphatic carboxylic acids is 1. The molecule has 2 unspecified atom stereocenters. The molecule has 1 heterocycles. The summed E-state index contributed by atoms with van der Waals surface area (Å²) in [5.41, 5.74) is 0. The van der Waals surface area contributed by atoms with Crippen LogP contribution in [0.3, 0.4) is 0 Å². The Bertz CT molecular complexity index is 462. The van der Waals surface area contributed by atoms with Crippen molar-refractivity contribution >= 4 is 35.1 Å². The van der Waals surface area contributed by atoms with Gasteiger partial charge in [-0.2, -0.15) is 11.8 Å². The quantitative estimate of drug-likeness (QED) is 0.722. The number of urea groups is 1. The third-order valence-corrected chi connectivity index (χ3v) is 4.58. The molecule has 1 rings (SSSR count). The summed E-state index contributed by atoms with van der Waals surface area (Å²) in [5, 5.41) is 14.3. The number of aryl methyl sites for hydroxylation is 1. The van der Waals surface area contributed by atoms with E-state index in [4.69, 9.17) is 5.11 Å². The Morgan fingerprint density at radius 3 is 2.60 bits per heavy atom. The molecule has 2 atom stereocenters. The van der Waals surface area contributed by atoms with Gasteiger partial charge in [-0.1, -0.05) is 0 Å². The third-order valence-electron chi connectivity index (χ3n) is 2.75. The van der Waals surface area contributed by atoms with Crippen LogP contribution in [0.5, 0.6) is 0 Å². The fraction of sp³-hybridized carbons (Fsp3) is 0.538. The molecule has 1 aromatic rings. The van der Waals surface area contributed by atoms with Crippen molar-refractivity contribution in [1.82, 2.24) is 10.6 Å². The second-order valence-corrected chi connectivity index (χ2v) is 6.77. The zero-order chi connectivity index (χ0) is 15.1. The Balaban J connectivity index is 2.50. The van der Waals surface area contributed by atoms with E-state index in [0.717, 1.165) is 4.88 Å². The summed E-state index contributed by atoms with van der Waals surface area (Å²) >= 11 is 3.17. The smallest absolute Gasteiger partial charge is 0.326 e. The largest absolute Gasteiger partial charge is 0.480 e. The number of thiophene rings is 1. The van der Waals surface area contributed by atoms with Crippen LogP contribution in [0.25, 0.3) is 0 Å². The molecule has 0 fully saturated rings. The molecule has 0 aliphatic rings. The summed E-state index contributed by atoms with van der Waals surface area (Å²) in [5.74, 6) is -0.314. The van der Waals surface area contributed by atoms with Gasteiger partial charge in [-0.15, -0.1) is 11.3 Å². The van der Waals surface area contributed by atoms with Gasteiger partial charge in [-0.05, 0) is 44.4 Å². The highest BCUT2D eigenvalue weighted by Gasteiger charge is 2.20. The van der Waals surface area contributed by atoms with Crippen LogP contribution in [-0.2, 0) is 4.79 Å². The lowest BCUT2D eigenvalue weighted by molar-refractivity contribution is -0.139. The minimum absolute atomic E-state index is 0.135. The van der Waals surface area contributed by atoms with E-state index in [1.54, 1.807) is 23.1 Å². The van der Waals surface area contributed by atoms with Crippen LogP contribution in [-0.4, -0.2) is 35.2 Å². The first-order valence-electron chi connectivity index (χ1n) is 6.29. The maximum absolute atomic E-state index is 11.8. The SMILES string of the molecule is CSCCC(NC(=O)NC(C)c1ccc(C)s1)C(=O)O. The number of carbonyl (C=O) groups is 2. The molecule has 20 heavy (non-hydrogen) atoms. The number of hydrogen-bond acceptors (Lipinski definition) is 4. The molecule has 0 saturated heterocycles. The van der Waals surface area contributed by atoms with Gasteiger partial charge in [0.25, 0.3) is 0 Å². The molecular formula is C13H20N2O3S2. The Morgan fingerprint density at radius 2 is 2.10 bits per heavy atom. The molecule has 0 radical (unpaired) electrons. The molecule has 2 amide bonds. The minimum atomic E-state index is -1.01. The van der Waals surface area contributed by atoms with Gasteiger partial charge in [-0.25, -0.2) is 9.59 Å². The number of hydrogen-bond donors (Lipinski definition) is 3. The van der Waals surface area contributed by atoms with Crippen molar-refractivity contribution in [3.63, 3.8) is 0 Å². The number of carboxylic acid groups (broad SMARTS) is 1. The molecule has 0 spiro atoms. The molecule has 7 heteroatoms. The third kappa shape index (κ3) is 5.42. The van der Waals surface area contributed by atoms with Gasteiger partial charge in [0, 0.05) is 9.75 Å². The van der Waals surface area contributed by atoms with Crippen molar-refractivity contribution < 1.29 is 14.7 Å². The van der Waals surface area contributed by atoms with Crippen LogP contribution in [0.15, 0.2) is 12.1 Å². The van der Waals surface area contributed by atoms with Crippen molar-refractivity contribution in [2.75, 3.05) is 12.0 Å². The Kier molecular flexibility index (Phi) is 6.87. The zero-order valence-corrected chi connectivity index (χ0v) is 13.4. The first-order chi connectivity index (χ1) is 9.43. The van der Waals surface area contributed by atoms with E-state index in [1.807, 2.05) is 32.2 Å². The zero-order valence-electron chi connectivity index (χ0n) is 11.8. The summed E-state index contributed by atoms with van der Waals surface area (Å²) in [6.45, 7) is 3.88. The molecule has 0 aliphatic carbocycles. The Labute approximate surface area is 127 Å². The van der Waals surface area contributed by atoms with Crippen molar-refractivity contribution in [3.05, 3.63) is 21.9 Å². The second-order valence-electron chi connectivity index (χ2n) is 4.46. The first kappa shape index (κ1) is 16.8. The van der Waals surface area contributed by atoms with Crippen molar-refractivity contribution in [1.29, 1.82) is 0 Å². The van der Waals surface area contributed by atoms with E-state index in [2.05, 4.69) is 10.6 Å². The number of nitrogens with one attached hydrogen (secondary N) is 2. The van der Waals surface area contributed by atoms with Crippen molar-refractivity contribution in [3.8, 4) is 0 Å². The first-order valence-corrected chi connectivity index (χ1v) is 8.50. The van der Waals surface area contributed by atoms with Gasteiger partial charge < -0.3 is 15.7 Å². The molecule has 0 aromatic carbocycles.